The van der Waals surface area contributed by atoms with Crippen molar-refractivity contribution < 1.29 is 9.18 Å². The van der Waals surface area contributed by atoms with Crippen LogP contribution in [0.1, 0.15) is 11.1 Å². The number of amides is 2. The van der Waals surface area contributed by atoms with E-state index in [-0.39, 0.29) is 18.4 Å². The van der Waals surface area contributed by atoms with Gasteiger partial charge in [-0.15, -0.1) is 0 Å². The first-order valence-electron chi connectivity index (χ1n) is 6.45. The number of rotatable bonds is 2. The van der Waals surface area contributed by atoms with Crippen LogP contribution in [0.3, 0.4) is 0 Å². The van der Waals surface area contributed by atoms with Gasteiger partial charge in [-0.05, 0) is 6.07 Å². The van der Waals surface area contributed by atoms with Crippen LogP contribution >= 0.6 is 0 Å². The zero-order chi connectivity index (χ0) is 15.0. The molecule has 2 aromatic rings. The topological polar surface area (TPSA) is 84.1 Å². The van der Waals surface area contributed by atoms with Crippen LogP contribution < -0.4 is 11.1 Å². The minimum Gasteiger partial charge on any atom is -0.326 e. The molecule has 1 aromatic carbocycles. The summed E-state index contributed by atoms with van der Waals surface area (Å²) in [4.78, 5) is 21.4. The minimum absolute atomic E-state index is 0.146. The van der Waals surface area contributed by atoms with E-state index in [9.17, 15) is 9.18 Å². The zero-order valence-corrected chi connectivity index (χ0v) is 11.4. The van der Waals surface area contributed by atoms with E-state index in [0.717, 1.165) is 5.56 Å². The van der Waals surface area contributed by atoms with Gasteiger partial charge in [-0.3, -0.25) is 5.32 Å². The highest BCUT2D eigenvalue weighted by Gasteiger charge is 2.24. The summed E-state index contributed by atoms with van der Waals surface area (Å²) in [6, 6.07) is 4.59. The van der Waals surface area contributed by atoms with Gasteiger partial charge in [-0.2, -0.15) is 0 Å². The highest BCUT2D eigenvalue weighted by Crippen LogP contribution is 2.30. The Bertz CT molecular complexity index is 719. The number of urea groups is 1. The summed E-state index contributed by atoms with van der Waals surface area (Å²) in [7, 11) is 1.67. The molecule has 0 radical (unpaired) electrons. The third-order valence-corrected chi connectivity index (χ3v) is 3.46. The number of aromatic nitrogens is 2. The molecule has 21 heavy (non-hydrogen) atoms. The molecule has 0 spiro atoms. The summed E-state index contributed by atoms with van der Waals surface area (Å²) in [5, 5.41) is 2.68. The maximum absolute atomic E-state index is 13.9. The van der Waals surface area contributed by atoms with Gasteiger partial charge < -0.3 is 10.6 Å². The number of halogens is 1. The fourth-order valence-electron chi connectivity index (χ4n) is 2.28. The molecular weight excluding hydrogens is 273 g/mol. The van der Waals surface area contributed by atoms with Crippen LogP contribution in [-0.4, -0.2) is 27.9 Å². The number of carbonyl (C=O) groups is 1. The van der Waals surface area contributed by atoms with Crippen molar-refractivity contribution in [1.82, 2.24) is 14.9 Å². The Labute approximate surface area is 120 Å². The van der Waals surface area contributed by atoms with Crippen molar-refractivity contribution in [2.24, 2.45) is 5.73 Å². The Kier molecular flexibility index (Phi) is 3.26. The number of anilines is 1. The Hall–Kier alpha value is -2.54. The van der Waals surface area contributed by atoms with Crippen LogP contribution in [0.4, 0.5) is 15.0 Å². The molecule has 0 atom stereocenters. The quantitative estimate of drug-likeness (QED) is 0.880. The van der Waals surface area contributed by atoms with E-state index in [4.69, 9.17) is 5.73 Å². The van der Waals surface area contributed by atoms with Crippen molar-refractivity contribution in [1.29, 1.82) is 0 Å². The van der Waals surface area contributed by atoms with Crippen LogP contribution in [0, 0.1) is 5.82 Å². The van der Waals surface area contributed by atoms with Gasteiger partial charge in [0.25, 0.3) is 0 Å². The van der Waals surface area contributed by atoms with E-state index in [1.165, 1.54) is 17.3 Å². The van der Waals surface area contributed by atoms with Crippen LogP contribution in [0.15, 0.2) is 24.5 Å². The smallest absolute Gasteiger partial charge is 0.323 e. The summed E-state index contributed by atoms with van der Waals surface area (Å²) in [5.74, 6) is 0.0990. The van der Waals surface area contributed by atoms with Crippen LogP contribution in [0.25, 0.3) is 11.3 Å². The number of nitrogens with two attached hydrogens (primary N) is 1. The summed E-state index contributed by atoms with van der Waals surface area (Å²) in [5.41, 5.74) is 7.92. The molecule has 1 aliphatic heterocycles. The number of hydrogen-bond donors (Lipinski definition) is 2. The second-order valence-corrected chi connectivity index (χ2v) is 4.85. The normalized spacial score (nSPS) is 13.9. The monoisotopic (exact) mass is 287 g/mol. The zero-order valence-electron chi connectivity index (χ0n) is 11.4. The van der Waals surface area contributed by atoms with Gasteiger partial charge in [0, 0.05) is 30.3 Å². The van der Waals surface area contributed by atoms with Gasteiger partial charge in [0.1, 0.15) is 18.0 Å². The Morgan fingerprint density at radius 2 is 2.24 bits per heavy atom. The molecule has 3 rings (SSSR count). The largest absolute Gasteiger partial charge is 0.326 e. The van der Waals surface area contributed by atoms with Crippen molar-refractivity contribution in [3.8, 4) is 11.3 Å². The summed E-state index contributed by atoms with van der Waals surface area (Å²) in [6.07, 6.45) is 1.36. The standard InChI is InChI=1S/C14H14FN5O/c1-20-6-10-12(17-7-18-13(10)19-14(20)21)8-2-3-9(5-16)11(15)4-8/h2-4,7H,5-6,16H2,1H3,(H,17,18,19,21). The molecule has 1 aromatic heterocycles. The van der Waals surface area contributed by atoms with E-state index in [0.29, 0.717) is 29.2 Å². The van der Waals surface area contributed by atoms with Crippen molar-refractivity contribution in [3.05, 3.63) is 41.5 Å². The first-order chi connectivity index (χ1) is 10.1. The predicted octanol–water partition coefficient (Wildman–Crippen LogP) is 1.72. The number of hydrogen-bond acceptors (Lipinski definition) is 4. The lowest BCUT2D eigenvalue weighted by molar-refractivity contribution is 0.218. The fourth-order valence-corrected chi connectivity index (χ4v) is 2.28. The molecule has 0 aliphatic carbocycles. The van der Waals surface area contributed by atoms with Crippen LogP contribution in [-0.2, 0) is 13.1 Å². The summed E-state index contributed by atoms with van der Waals surface area (Å²) in [6.45, 7) is 0.518. The number of fused-ring (bicyclic) bond motifs is 1. The Balaban J connectivity index is 2.10. The maximum Gasteiger partial charge on any atom is 0.323 e. The molecule has 0 unspecified atom stereocenters. The highest BCUT2D eigenvalue weighted by atomic mass is 19.1. The van der Waals surface area contributed by atoms with Crippen molar-refractivity contribution >= 4 is 11.8 Å². The lowest BCUT2D eigenvalue weighted by Gasteiger charge is -2.26. The summed E-state index contributed by atoms with van der Waals surface area (Å²) >= 11 is 0. The molecule has 7 heteroatoms. The van der Waals surface area contributed by atoms with E-state index in [2.05, 4.69) is 15.3 Å². The third-order valence-electron chi connectivity index (χ3n) is 3.46. The van der Waals surface area contributed by atoms with Gasteiger partial charge in [-0.25, -0.2) is 19.2 Å². The Morgan fingerprint density at radius 1 is 1.43 bits per heavy atom. The van der Waals surface area contributed by atoms with Crippen molar-refractivity contribution in [3.63, 3.8) is 0 Å². The van der Waals surface area contributed by atoms with Gasteiger partial charge in [-0.1, -0.05) is 12.1 Å². The molecule has 0 bridgehead atoms. The predicted molar refractivity (Wildman–Crippen MR) is 75.8 cm³/mol. The first-order valence-corrected chi connectivity index (χ1v) is 6.45. The van der Waals surface area contributed by atoms with E-state index >= 15 is 0 Å². The van der Waals surface area contributed by atoms with Crippen molar-refractivity contribution in [2.45, 2.75) is 13.1 Å². The molecule has 0 saturated carbocycles. The SMILES string of the molecule is CN1Cc2c(ncnc2-c2ccc(CN)c(F)c2)NC1=O. The van der Waals surface area contributed by atoms with Crippen molar-refractivity contribution in [2.75, 3.05) is 12.4 Å². The van der Waals surface area contributed by atoms with Gasteiger partial charge >= 0.3 is 6.03 Å². The second kappa shape index (κ2) is 5.10. The van der Waals surface area contributed by atoms with Gasteiger partial charge in [0.15, 0.2) is 0 Å². The molecule has 108 valence electrons. The molecule has 0 fully saturated rings. The highest BCUT2D eigenvalue weighted by molar-refractivity contribution is 5.92. The van der Waals surface area contributed by atoms with Crippen LogP contribution in [0.2, 0.25) is 0 Å². The number of benzene rings is 1. The number of nitrogens with one attached hydrogen (secondary N) is 1. The minimum atomic E-state index is -0.365. The van der Waals surface area contributed by atoms with E-state index < -0.39 is 0 Å². The average Bonchev–Trinajstić information content (AvgIpc) is 2.48. The molecule has 3 N–H and O–H groups in total. The molecule has 2 heterocycles. The lowest BCUT2D eigenvalue weighted by atomic mass is 10.0. The average molecular weight is 287 g/mol. The third kappa shape index (κ3) is 2.31. The van der Waals surface area contributed by atoms with E-state index in [1.54, 1.807) is 19.2 Å². The van der Waals surface area contributed by atoms with Gasteiger partial charge in [0.05, 0.1) is 12.2 Å². The molecule has 6 nitrogen and oxygen atoms in total. The maximum atomic E-state index is 13.9. The number of nitrogens with zero attached hydrogens (tertiary/aromatic N) is 3. The molecule has 1 aliphatic rings. The lowest BCUT2D eigenvalue weighted by Crippen LogP contribution is -2.36. The second-order valence-electron chi connectivity index (χ2n) is 4.85. The first kappa shape index (κ1) is 13.4. The fraction of sp³-hybridized carbons (Fsp3) is 0.214. The van der Waals surface area contributed by atoms with E-state index in [1.807, 2.05) is 0 Å². The van der Waals surface area contributed by atoms with Gasteiger partial charge in [0.2, 0.25) is 0 Å². The molecule has 2 amide bonds. The van der Waals surface area contributed by atoms with Crippen LogP contribution in [0.5, 0.6) is 0 Å². The number of carbonyl (C=O) groups excluding carboxylic acids is 1. The molecular formula is C14H14FN5O. The molecule has 0 saturated heterocycles. The Morgan fingerprint density at radius 3 is 2.95 bits per heavy atom. The summed E-state index contributed by atoms with van der Waals surface area (Å²) < 4.78 is 13.9.